The van der Waals surface area contributed by atoms with Gasteiger partial charge in [-0.15, -0.1) is 0 Å². The summed E-state index contributed by atoms with van der Waals surface area (Å²) in [7, 11) is -4.17. The molecule has 2 aromatic carbocycles. The van der Waals surface area contributed by atoms with Gasteiger partial charge in [0.1, 0.15) is 18.0 Å². The van der Waals surface area contributed by atoms with Crippen molar-refractivity contribution in [2.45, 2.75) is 56.4 Å². The summed E-state index contributed by atoms with van der Waals surface area (Å²) in [5, 5.41) is 6.01. The second kappa shape index (κ2) is 10.4. The van der Waals surface area contributed by atoms with Gasteiger partial charge in [-0.3, -0.25) is 15.1 Å². The van der Waals surface area contributed by atoms with E-state index < -0.39 is 45.2 Å². The zero-order valence-corrected chi connectivity index (χ0v) is 23.9. The van der Waals surface area contributed by atoms with Crippen LogP contribution in [0.25, 0.3) is 10.9 Å². The highest BCUT2D eigenvalue weighted by molar-refractivity contribution is 7.89. The van der Waals surface area contributed by atoms with Crippen molar-refractivity contribution < 1.29 is 32.3 Å². The number of benzene rings is 2. The maximum atomic E-state index is 13.4. The fraction of sp³-hybridized carbons (Fsp3) is 0.357. The molecule has 1 aromatic heterocycles. The van der Waals surface area contributed by atoms with Gasteiger partial charge in [-0.25, -0.2) is 27.6 Å². The second-order valence-corrected chi connectivity index (χ2v) is 12.7. The molecule has 1 spiro atoms. The van der Waals surface area contributed by atoms with E-state index in [0.717, 1.165) is 22.2 Å². The fourth-order valence-electron chi connectivity index (χ4n) is 5.05. The highest BCUT2D eigenvalue weighted by atomic mass is 32.2. The van der Waals surface area contributed by atoms with Crippen molar-refractivity contribution in [1.29, 1.82) is 0 Å². The summed E-state index contributed by atoms with van der Waals surface area (Å²) in [6.07, 6.45) is -1.05. The highest BCUT2D eigenvalue weighted by Crippen LogP contribution is 2.32. The van der Waals surface area contributed by atoms with E-state index in [-0.39, 0.29) is 24.6 Å². The van der Waals surface area contributed by atoms with Crippen molar-refractivity contribution in [3.8, 4) is 5.75 Å². The lowest BCUT2D eigenvalue weighted by atomic mass is 9.93. The summed E-state index contributed by atoms with van der Waals surface area (Å²) in [4.78, 5) is 43.6. The lowest BCUT2D eigenvalue weighted by Gasteiger charge is -2.35. The number of ether oxygens (including phenoxy) is 2. The summed E-state index contributed by atoms with van der Waals surface area (Å²) in [6, 6.07) is 13.4. The van der Waals surface area contributed by atoms with E-state index in [1.54, 1.807) is 20.8 Å². The molecule has 3 N–H and O–H groups in total. The lowest BCUT2D eigenvalue weighted by Crippen LogP contribution is -2.65. The minimum absolute atomic E-state index is 0.000269. The molecule has 13 heteroatoms. The number of amides is 4. The first-order chi connectivity index (χ1) is 19.3. The van der Waals surface area contributed by atoms with E-state index in [4.69, 9.17) is 9.47 Å². The molecule has 2 atom stereocenters. The average Bonchev–Trinajstić information content (AvgIpc) is 3.40. The van der Waals surface area contributed by atoms with Crippen molar-refractivity contribution in [3.05, 3.63) is 65.9 Å². The van der Waals surface area contributed by atoms with Crippen molar-refractivity contribution in [1.82, 2.24) is 25.2 Å². The van der Waals surface area contributed by atoms with Crippen LogP contribution in [0.2, 0.25) is 0 Å². The Morgan fingerprint density at radius 2 is 1.85 bits per heavy atom. The standard InChI is InChI=1S/C28H31N5O7S/c1-17-13-18(21-7-5-6-8-22(21)30-17)15-39-19-9-11-20(12-10-19)41(37,38)32-23-14-29-16-28(23)24(34)31-25(35)33(28)26(36)40-27(2,3)4/h5-13,23,29,32H,14-16H2,1-4H3,(H,31,34,35). The molecule has 12 nitrogen and oxygen atoms in total. The largest absolute Gasteiger partial charge is 0.489 e. The van der Waals surface area contributed by atoms with E-state index in [1.807, 2.05) is 37.3 Å². The van der Waals surface area contributed by atoms with Crippen LogP contribution in [0.15, 0.2) is 59.5 Å². The SMILES string of the molecule is Cc1cc(COc2ccc(S(=O)(=O)NC3CNCC34C(=O)NC(=O)N4C(=O)OC(C)(C)C)cc2)c2ccccc2n1. The zero-order chi connectivity index (χ0) is 29.6. The molecule has 41 heavy (non-hydrogen) atoms. The van der Waals surface area contributed by atoms with E-state index in [9.17, 15) is 22.8 Å². The number of imide groups is 2. The molecule has 2 fully saturated rings. The van der Waals surface area contributed by atoms with Crippen LogP contribution in [0.1, 0.15) is 32.0 Å². The number of carbonyl (C=O) groups excluding carboxylic acids is 3. The molecule has 3 aromatic rings. The van der Waals surface area contributed by atoms with Gasteiger partial charge in [-0.1, -0.05) is 18.2 Å². The molecule has 2 aliphatic heterocycles. The van der Waals surface area contributed by atoms with Crippen LogP contribution >= 0.6 is 0 Å². The number of nitrogens with zero attached hydrogens (tertiary/aromatic N) is 2. The number of urea groups is 1. The predicted molar refractivity (Wildman–Crippen MR) is 149 cm³/mol. The lowest BCUT2D eigenvalue weighted by molar-refractivity contribution is -0.126. The Kier molecular flexibility index (Phi) is 7.22. The summed E-state index contributed by atoms with van der Waals surface area (Å²) in [5.74, 6) is -0.341. The van der Waals surface area contributed by atoms with E-state index in [2.05, 4.69) is 20.3 Å². The third kappa shape index (κ3) is 5.47. The Bertz CT molecular complexity index is 1640. The van der Waals surface area contributed by atoms with Gasteiger partial charge in [0.15, 0.2) is 5.54 Å². The summed E-state index contributed by atoms with van der Waals surface area (Å²) in [6.45, 7) is 6.88. The van der Waals surface area contributed by atoms with Gasteiger partial charge in [-0.05, 0) is 64.1 Å². The van der Waals surface area contributed by atoms with Gasteiger partial charge in [0.05, 0.1) is 16.5 Å². The number of aryl methyl sites for hydroxylation is 1. The van der Waals surface area contributed by atoms with Crippen LogP contribution in [-0.2, 0) is 26.2 Å². The summed E-state index contributed by atoms with van der Waals surface area (Å²) < 4.78 is 40.5. The number of aromatic nitrogens is 1. The van der Waals surface area contributed by atoms with Crippen molar-refractivity contribution >= 4 is 39.0 Å². The van der Waals surface area contributed by atoms with Crippen LogP contribution in [-0.4, -0.2) is 66.6 Å². The van der Waals surface area contributed by atoms with Gasteiger partial charge < -0.3 is 14.8 Å². The van der Waals surface area contributed by atoms with Gasteiger partial charge >= 0.3 is 12.1 Å². The Labute approximate surface area is 237 Å². The van der Waals surface area contributed by atoms with Gasteiger partial charge in [0.25, 0.3) is 5.91 Å². The molecule has 2 unspecified atom stereocenters. The van der Waals surface area contributed by atoms with Crippen LogP contribution in [0.5, 0.6) is 5.75 Å². The first-order valence-electron chi connectivity index (χ1n) is 13.0. The number of hydrogen-bond acceptors (Lipinski definition) is 9. The quantitative estimate of drug-likeness (QED) is 0.373. The van der Waals surface area contributed by atoms with Gasteiger partial charge in [0.2, 0.25) is 10.0 Å². The Balaban J connectivity index is 1.33. The molecular weight excluding hydrogens is 550 g/mol. The van der Waals surface area contributed by atoms with Crippen molar-refractivity contribution in [2.75, 3.05) is 13.1 Å². The number of para-hydroxylation sites is 1. The van der Waals surface area contributed by atoms with Crippen LogP contribution in [0, 0.1) is 6.92 Å². The number of hydrogen-bond donors (Lipinski definition) is 3. The molecule has 0 aliphatic carbocycles. The minimum atomic E-state index is -4.17. The van der Waals surface area contributed by atoms with E-state index in [1.165, 1.54) is 24.3 Å². The molecule has 5 rings (SSSR count). The van der Waals surface area contributed by atoms with Crippen LogP contribution < -0.4 is 20.1 Å². The van der Waals surface area contributed by atoms with Crippen molar-refractivity contribution in [3.63, 3.8) is 0 Å². The number of sulfonamides is 1. The monoisotopic (exact) mass is 581 g/mol. The Hall–Kier alpha value is -4.07. The molecule has 216 valence electrons. The molecule has 3 heterocycles. The Morgan fingerprint density at radius 1 is 1.15 bits per heavy atom. The molecule has 2 saturated heterocycles. The number of nitrogens with one attached hydrogen (secondary N) is 3. The average molecular weight is 582 g/mol. The first kappa shape index (κ1) is 28.5. The zero-order valence-electron chi connectivity index (χ0n) is 23.1. The fourth-order valence-corrected chi connectivity index (χ4v) is 6.34. The summed E-state index contributed by atoms with van der Waals surface area (Å²) >= 11 is 0. The maximum Gasteiger partial charge on any atom is 0.419 e. The summed E-state index contributed by atoms with van der Waals surface area (Å²) in [5.41, 5.74) is -0.110. The number of pyridine rings is 1. The maximum absolute atomic E-state index is 13.4. The van der Waals surface area contributed by atoms with Crippen LogP contribution in [0.4, 0.5) is 9.59 Å². The second-order valence-electron chi connectivity index (χ2n) is 11.0. The molecule has 0 saturated carbocycles. The third-order valence-electron chi connectivity index (χ3n) is 6.87. The highest BCUT2D eigenvalue weighted by Gasteiger charge is 2.64. The molecule has 4 amide bonds. The molecule has 0 bridgehead atoms. The number of carbonyl (C=O) groups is 3. The molecular formula is C28H31N5O7S. The number of rotatable bonds is 6. The smallest absolute Gasteiger partial charge is 0.419 e. The van der Waals surface area contributed by atoms with Crippen molar-refractivity contribution in [2.24, 2.45) is 0 Å². The van der Waals surface area contributed by atoms with Gasteiger partial charge in [-0.2, -0.15) is 0 Å². The van der Waals surface area contributed by atoms with E-state index >= 15 is 0 Å². The van der Waals surface area contributed by atoms with Gasteiger partial charge in [0, 0.05) is 29.7 Å². The first-order valence-corrected chi connectivity index (χ1v) is 14.5. The predicted octanol–water partition coefficient (Wildman–Crippen LogP) is 2.60. The molecule has 0 radical (unpaired) electrons. The van der Waals surface area contributed by atoms with E-state index in [0.29, 0.717) is 10.6 Å². The normalized spacial score (nSPS) is 21.0. The number of fused-ring (bicyclic) bond motifs is 1. The molecule has 2 aliphatic rings. The third-order valence-corrected chi connectivity index (χ3v) is 8.35. The van der Waals surface area contributed by atoms with Crippen LogP contribution in [0.3, 0.4) is 0 Å². The Morgan fingerprint density at radius 3 is 2.56 bits per heavy atom. The topological polar surface area (TPSA) is 156 Å². The minimum Gasteiger partial charge on any atom is -0.489 e.